The Bertz CT molecular complexity index is 325. The van der Waals surface area contributed by atoms with Crippen LogP contribution >= 0.6 is 0 Å². The fraction of sp³-hybridized carbons (Fsp3) is 0.417. The van der Waals surface area contributed by atoms with Gasteiger partial charge in [-0.1, -0.05) is 42.4 Å². The van der Waals surface area contributed by atoms with Crippen molar-refractivity contribution in [1.82, 2.24) is 4.90 Å². The minimum absolute atomic E-state index is 0.112. The molecule has 0 spiro atoms. The van der Waals surface area contributed by atoms with Crippen LogP contribution in [0.1, 0.15) is 12.5 Å². The van der Waals surface area contributed by atoms with Crippen LogP contribution in [0.5, 0.6) is 0 Å². The predicted molar refractivity (Wildman–Crippen MR) is 64.0 cm³/mol. The van der Waals surface area contributed by atoms with Crippen molar-refractivity contribution in [3.63, 3.8) is 0 Å². The summed E-state index contributed by atoms with van der Waals surface area (Å²) in [4.78, 5) is 2.02. The summed E-state index contributed by atoms with van der Waals surface area (Å²) in [6.45, 7) is 4.06. The number of hydrogen-bond acceptors (Lipinski definition) is 4. The molecule has 2 N–H and O–H groups in total. The minimum atomic E-state index is 0.112. The highest BCUT2D eigenvalue weighted by Crippen LogP contribution is 2.03. The maximum absolute atomic E-state index is 8.99. The van der Waals surface area contributed by atoms with Gasteiger partial charge < -0.3 is 10.3 Å². The van der Waals surface area contributed by atoms with Crippen LogP contribution in [0.2, 0.25) is 0 Å². The molecule has 0 fully saturated rings. The van der Waals surface area contributed by atoms with E-state index < -0.39 is 0 Å². The third kappa shape index (κ3) is 3.64. The summed E-state index contributed by atoms with van der Waals surface area (Å²) >= 11 is 0. The summed E-state index contributed by atoms with van der Waals surface area (Å²) < 4.78 is 0. The quantitative estimate of drug-likeness (QED) is 0.432. The highest BCUT2D eigenvalue weighted by Gasteiger charge is 2.09. The molecule has 1 aromatic carbocycles. The molecule has 0 bridgehead atoms. The summed E-state index contributed by atoms with van der Waals surface area (Å²) in [6.07, 6.45) is 0. The monoisotopic (exact) mass is 222 g/mol. The topological polar surface area (TPSA) is 56.1 Å². The fourth-order valence-corrected chi connectivity index (χ4v) is 1.51. The molecule has 0 heterocycles. The Morgan fingerprint density at radius 3 is 2.50 bits per heavy atom. The average molecular weight is 222 g/mol. The summed E-state index contributed by atoms with van der Waals surface area (Å²) in [5.74, 6) is 0. The first kappa shape index (κ1) is 12.7. The number of oxime groups is 1. The van der Waals surface area contributed by atoms with Gasteiger partial charge in [0.25, 0.3) is 0 Å². The van der Waals surface area contributed by atoms with Crippen LogP contribution in [0.3, 0.4) is 0 Å². The summed E-state index contributed by atoms with van der Waals surface area (Å²) in [7, 11) is 0. The first-order valence-corrected chi connectivity index (χ1v) is 5.41. The van der Waals surface area contributed by atoms with Crippen LogP contribution < -0.4 is 0 Å². The Morgan fingerprint density at radius 1 is 1.31 bits per heavy atom. The second kappa shape index (κ2) is 6.98. The van der Waals surface area contributed by atoms with E-state index in [1.54, 1.807) is 0 Å². The zero-order valence-electron chi connectivity index (χ0n) is 9.50. The Balaban J connectivity index is 2.70. The van der Waals surface area contributed by atoms with Crippen LogP contribution in [0, 0.1) is 0 Å². The van der Waals surface area contributed by atoms with E-state index in [0.717, 1.165) is 12.1 Å². The van der Waals surface area contributed by atoms with Gasteiger partial charge in [-0.15, -0.1) is 0 Å². The molecule has 4 heteroatoms. The largest absolute Gasteiger partial charge is 0.411 e. The molecule has 0 aliphatic rings. The normalized spacial score (nSPS) is 12.1. The van der Waals surface area contributed by atoms with Gasteiger partial charge in [-0.3, -0.25) is 4.90 Å². The number of rotatable bonds is 6. The molecular weight excluding hydrogens is 204 g/mol. The molecule has 0 saturated heterocycles. The van der Waals surface area contributed by atoms with Gasteiger partial charge in [0, 0.05) is 18.7 Å². The van der Waals surface area contributed by atoms with E-state index in [2.05, 4.69) is 5.16 Å². The van der Waals surface area contributed by atoms with Gasteiger partial charge in [0.2, 0.25) is 0 Å². The molecule has 0 aliphatic heterocycles. The molecule has 0 atom stereocenters. The smallest absolute Gasteiger partial charge is 0.101 e. The van der Waals surface area contributed by atoms with E-state index in [-0.39, 0.29) is 6.61 Å². The van der Waals surface area contributed by atoms with Gasteiger partial charge in [-0.25, -0.2) is 0 Å². The van der Waals surface area contributed by atoms with Crippen LogP contribution in [0.4, 0.5) is 0 Å². The Labute approximate surface area is 95.8 Å². The number of nitrogens with zero attached hydrogens (tertiary/aromatic N) is 2. The van der Waals surface area contributed by atoms with Crippen molar-refractivity contribution in [2.75, 3.05) is 26.2 Å². The Hall–Kier alpha value is -1.39. The molecule has 0 aliphatic carbocycles. The first-order valence-electron chi connectivity index (χ1n) is 5.41. The van der Waals surface area contributed by atoms with Crippen molar-refractivity contribution in [3.05, 3.63) is 35.9 Å². The minimum Gasteiger partial charge on any atom is -0.411 e. The molecule has 88 valence electrons. The maximum Gasteiger partial charge on any atom is 0.101 e. The van der Waals surface area contributed by atoms with Gasteiger partial charge in [-0.05, 0) is 6.54 Å². The van der Waals surface area contributed by atoms with Crippen LogP contribution in [-0.4, -0.2) is 47.2 Å². The van der Waals surface area contributed by atoms with Crippen molar-refractivity contribution in [2.45, 2.75) is 6.92 Å². The van der Waals surface area contributed by atoms with Crippen molar-refractivity contribution in [1.29, 1.82) is 0 Å². The number of hydrogen-bond donors (Lipinski definition) is 2. The lowest BCUT2D eigenvalue weighted by atomic mass is 10.1. The van der Waals surface area contributed by atoms with E-state index in [4.69, 9.17) is 10.3 Å². The van der Waals surface area contributed by atoms with Crippen LogP contribution in [0.25, 0.3) is 0 Å². The van der Waals surface area contributed by atoms with Crippen LogP contribution in [0.15, 0.2) is 35.5 Å². The SMILES string of the molecule is CCN(CCO)CC(=NO)c1ccccc1. The molecular formula is C12H18N2O2. The van der Waals surface area contributed by atoms with E-state index in [1.807, 2.05) is 42.2 Å². The van der Waals surface area contributed by atoms with E-state index >= 15 is 0 Å². The lowest BCUT2D eigenvalue weighted by Gasteiger charge is -2.19. The number of likely N-dealkylation sites (N-methyl/N-ethyl adjacent to an activating group) is 1. The molecule has 0 saturated carbocycles. The maximum atomic E-state index is 8.99. The molecule has 0 radical (unpaired) electrons. The second-order valence-corrected chi connectivity index (χ2v) is 3.51. The first-order chi connectivity index (χ1) is 7.81. The summed E-state index contributed by atoms with van der Waals surface area (Å²) in [5, 5.41) is 21.2. The van der Waals surface area contributed by atoms with Crippen molar-refractivity contribution >= 4 is 5.71 Å². The van der Waals surface area contributed by atoms with Crippen molar-refractivity contribution in [2.24, 2.45) is 5.16 Å². The fourth-order valence-electron chi connectivity index (χ4n) is 1.51. The van der Waals surface area contributed by atoms with Crippen molar-refractivity contribution < 1.29 is 10.3 Å². The standard InChI is InChI=1S/C12H18N2O2/c1-2-14(8-9-15)10-12(13-16)11-6-4-3-5-7-11/h3-7,15-16H,2,8-10H2,1H3. The number of aliphatic hydroxyl groups excluding tert-OH is 1. The second-order valence-electron chi connectivity index (χ2n) is 3.51. The van der Waals surface area contributed by atoms with E-state index in [1.165, 1.54) is 0 Å². The molecule has 0 amide bonds. The van der Waals surface area contributed by atoms with Gasteiger partial charge in [-0.2, -0.15) is 0 Å². The van der Waals surface area contributed by atoms with Gasteiger partial charge in [0.05, 0.1) is 6.61 Å². The third-order valence-corrected chi connectivity index (χ3v) is 2.46. The number of benzene rings is 1. The zero-order valence-corrected chi connectivity index (χ0v) is 9.50. The molecule has 1 aromatic rings. The molecule has 0 aromatic heterocycles. The molecule has 1 rings (SSSR count). The Morgan fingerprint density at radius 2 is 2.00 bits per heavy atom. The van der Waals surface area contributed by atoms with Gasteiger partial charge >= 0.3 is 0 Å². The van der Waals surface area contributed by atoms with Crippen molar-refractivity contribution in [3.8, 4) is 0 Å². The zero-order chi connectivity index (χ0) is 11.8. The molecule has 16 heavy (non-hydrogen) atoms. The van der Waals surface area contributed by atoms with Crippen LogP contribution in [-0.2, 0) is 0 Å². The summed E-state index contributed by atoms with van der Waals surface area (Å²) in [5.41, 5.74) is 1.53. The highest BCUT2D eigenvalue weighted by atomic mass is 16.4. The average Bonchev–Trinajstić information content (AvgIpc) is 2.35. The van der Waals surface area contributed by atoms with Gasteiger partial charge in [0.1, 0.15) is 5.71 Å². The van der Waals surface area contributed by atoms with E-state index in [0.29, 0.717) is 18.8 Å². The van der Waals surface area contributed by atoms with E-state index in [9.17, 15) is 0 Å². The third-order valence-electron chi connectivity index (χ3n) is 2.46. The molecule has 0 unspecified atom stereocenters. The molecule has 4 nitrogen and oxygen atoms in total. The Kier molecular flexibility index (Phi) is 5.53. The number of aliphatic hydroxyl groups is 1. The highest BCUT2D eigenvalue weighted by molar-refractivity contribution is 6.01. The lowest BCUT2D eigenvalue weighted by molar-refractivity contribution is 0.216. The van der Waals surface area contributed by atoms with Gasteiger partial charge in [0.15, 0.2) is 0 Å². The predicted octanol–water partition coefficient (Wildman–Crippen LogP) is 1.18. The summed E-state index contributed by atoms with van der Waals surface area (Å²) in [6, 6.07) is 9.54. The lowest BCUT2D eigenvalue weighted by Crippen LogP contribution is -2.32.